The van der Waals surface area contributed by atoms with Crippen LogP contribution in [-0.4, -0.2) is 15.4 Å². The van der Waals surface area contributed by atoms with E-state index in [4.69, 9.17) is 9.47 Å². The number of fused-ring (bicyclic) bond motifs is 5. The molecule has 0 saturated carbocycles. The van der Waals surface area contributed by atoms with E-state index < -0.39 is 11.9 Å². The smallest absolute Gasteiger partial charge is 0.318 e. The molecule has 5 aromatic rings. The third-order valence-corrected chi connectivity index (χ3v) is 6.55. The average Bonchev–Trinajstić information content (AvgIpc) is 3.20. The van der Waals surface area contributed by atoms with Gasteiger partial charge in [0.2, 0.25) is 0 Å². The van der Waals surface area contributed by atoms with Gasteiger partial charge in [-0.3, -0.25) is 14.0 Å². The van der Waals surface area contributed by atoms with Gasteiger partial charge in [-0.2, -0.15) is 0 Å². The normalized spacial score (nSPS) is 12.9. The Hall–Kier alpha value is -3.97. The Morgan fingerprint density at radius 2 is 1.62 bits per heavy atom. The van der Waals surface area contributed by atoms with Crippen LogP contribution in [0.4, 0.5) is 0 Å². The maximum absolute atomic E-state index is 13.2. The third-order valence-electron chi connectivity index (χ3n) is 5.53. The van der Waals surface area contributed by atoms with E-state index in [9.17, 15) is 9.59 Å². The molecule has 0 radical (unpaired) electrons. The number of hydrogen-bond acceptors (Lipinski definition) is 6. The van der Waals surface area contributed by atoms with Crippen molar-refractivity contribution < 1.29 is 14.3 Å². The average molecular weight is 440 g/mol. The molecule has 7 heteroatoms. The first-order valence-corrected chi connectivity index (χ1v) is 10.9. The lowest BCUT2D eigenvalue weighted by molar-refractivity contribution is -0.146. The molecule has 32 heavy (non-hydrogen) atoms. The van der Waals surface area contributed by atoms with Crippen molar-refractivity contribution in [3.05, 3.63) is 106 Å². The van der Waals surface area contributed by atoms with Crippen molar-refractivity contribution in [2.75, 3.05) is 0 Å². The van der Waals surface area contributed by atoms with Crippen LogP contribution in [0.1, 0.15) is 22.7 Å². The molecule has 2 aromatic heterocycles. The molecule has 0 atom stereocenters. The van der Waals surface area contributed by atoms with Gasteiger partial charge in [0.05, 0.1) is 15.9 Å². The van der Waals surface area contributed by atoms with Gasteiger partial charge in [-0.15, -0.1) is 0 Å². The van der Waals surface area contributed by atoms with Gasteiger partial charge in [-0.1, -0.05) is 59.9 Å². The lowest BCUT2D eigenvalue weighted by Crippen LogP contribution is -2.22. The first-order chi connectivity index (χ1) is 15.7. The van der Waals surface area contributed by atoms with E-state index in [2.05, 4.69) is 4.98 Å². The van der Waals surface area contributed by atoms with E-state index >= 15 is 0 Å². The third kappa shape index (κ3) is 2.98. The van der Waals surface area contributed by atoms with Crippen LogP contribution < -0.4 is 10.3 Å². The van der Waals surface area contributed by atoms with Gasteiger partial charge in [0.1, 0.15) is 24.0 Å². The number of ether oxygens (including phenoxy) is 2. The maximum atomic E-state index is 13.2. The summed E-state index contributed by atoms with van der Waals surface area (Å²) in [5, 5.41) is 0. The fourth-order valence-corrected chi connectivity index (χ4v) is 5.14. The number of thiazole rings is 1. The molecule has 0 aliphatic carbocycles. The Bertz CT molecular complexity index is 1520. The van der Waals surface area contributed by atoms with Crippen molar-refractivity contribution in [3.8, 4) is 11.5 Å². The Kier molecular flexibility index (Phi) is 4.29. The monoisotopic (exact) mass is 440 g/mol. The predicted octanol–water partition coefficient (Wildman–Crippen LogP) is 4.89. The number of benzene rings is 3. The van der Waals surface area contributed by atoms with E-state index in [1.54, 1.807) is 4.40 Å². The summed E-state index contributed by atoms with van der Waals surface area (Å²) in [4.78, 5) is 31.1. The van der Waals surface area contributed by atoms with E-state index in [1.165, 1.54) is 17.4 Å². The minimum absolute atomic E-state index is 0.0828. The van der Waals surface area contributed by atoms with Crippen molar-refractivity contribution in [3.63, 3.8) is 0 Å². The Morgan fingerprint density at radius 1 is 0.969 bits per heavy atom. The highest BCUT2D eigenvalue weighted by molar-refractivity contribution is 7.23. The molecule has 3 heterocycles. The molecule has 6 rings (SSSR count). The van der Waals surface area contributed by atoms with Gasteiger partial charge in [0.25, 0.3) is 5.56 Å². The van der Waals surface area contributed by atoms with E-state index in [0.29, 0.717) is 22.2 Å². The second-order valence-electron chi connectivity index (χ2n) is 7.49. The van der Waals surface area contributed by atoms with Crippen LogP contribution in [0.5, 0.6) is 11.5 Å². The van der Waals surface area contributed by atoms with Gasteiger partial charge >= 0.3 is 5.97 Å². The number of aromatic nitrogens is 2. The van der Waals surface area contributed by atoms with E-state index in [-0.39, 0.29) is 12.2 Å². The first-order valence-electron chi connectivity index (χ1n) is 10.1. The second-order valence-corrected chi connectivity index (χ2v) is 8.50. The first kappa shape index (κ1) is 18.8. The zero-order valence-electron chi connectivity index (χ0n) is 16.7. The Labute approximate surface area is 186 Å². The fraction of sp³-hybridized carbons (Fsp3) is 0.0800. The molecule has 0 fully saturated rings. The van der Waals surface area contributed by atoms with Crippen LogP contribution in [0.2, 0.25) is 0 Å². The van der Waals surface area contributed by atoms with Crippen LogP contribution in [0.25, 0.3) is 15.2 Å². The molecule has 0 bridgehead atoms. The Morgan fingerprint density at radius 3 is 2.38 bits per heavy atom. The quantitative estimate of drug-likeness (QED) is 0.374. The number of carbonyl (C=O) groups is 1. The molecule has 1 aliphatic rings. The van der Waals surface area contributed by atoms with Crippen molar-refractivity contribution >= 4 is 32.5 Å². The lowest BCUT2D eigenvalue weighted by atomic mass is 9.88. The van der Waals surface area contributed by atoms with Gasteiger partial charge in [-0.05, 0) is 24.3 Å². The molecular formula is C25H16N2O4S. The molecule has 3 aromatic carbocycles. The van der Waals surface area contributed by atoms with Gasteiger partial charge < -0.3 is 9.47 Å². The minimum Gasteiger partial charge on any atom is -0.458 e. The van der Waals surface area contributed by atoms with Crippen LogP contribution in [-0.2, 0) is 16.1 Å². The molecule has 0 amide bonds. The summed E-state index contributed by atoms with van der Waals surface area (Å²) in [5.74, 6) is 0.254. The highest BCUT2D eigenvalue weighted by Crippen LogP contribution is 2.44. The maximum Gasteiger partial charge on any atom is 0.318 e. The van der Waals surface area contributed by atoms with E-state index in [0.717, 1.165) is 21.3 Å². The summed E-state index contributed by atoms with van der Waals surface area (Å²) in [6.45, 7) is -0.0828. The number of nitrogens with zero attached hydrogens (tertiary/aromatic N) is 2. The zero-order chi connectivity index (χ0) is 21.7. The summed E-state index contributed by atoms with van der Waals surface area (Å²) in [7, 11) is 0. The molecule has 0 spiro atoms. The van der Waals surface area contributed by atoms with Gasteiger partial charge in [0, 0.05) is 17.2 Å². The molecule has 6 nitrogen and oxygen atoms in total. The minimum atomic E-state index is -0.606. The molecule has 0 unspecified atom stereocenters. The summed E-state index contributed by atoms with van der Waals surface area (Å²) in [5.41, 5.74) is 2.56. The summed E-state index contributed by atoms with van der Waals surface area (Å²) >= 11 is 1.43. The lowest BCUT2D eigenvalue weighted by Gasteiger charge is -2.26. The van der Waals surface area contributed by atoms with Gasteiger partial charge in [-0.25, -0.2) is 4.98 Å². The van der Waals surface area contributed by atoms with Crippen molar-refractivity contribution in [2.24, 2.45) is 0 Å². The molecular weight excluding hydrogens is 424 g/mol. The highest BCUT2D eigenvalue weighted by atomic mass is 32.1. The van der Waals surface area contributed by atoms with Crippen LogP contribution in [0.15, 0.2) is 83.7 Å². The molecule has 0 N–H and O–H groups in total. The zero-order valence-corrected chi connectivity index (χ0v) is 17.5. The standard InChI is InChI=1S/C25H16N2O4S/c28-22-13-15(26-25-27(22)18-9-3-6-12-21(18)32-25)14-30-24(29)23-16-7-1-4-10-19(16)31-20-11-5-2-8-17(20)23/h1-13,23H,14H2. The summed E-state index contributed by atoms with van der Waals surface area (Å²) in [6, 6.07) is 24.0. The topological polar surface area (TPSA) is 69.9 Å². The summed E-state index contributed by atoms with van der Waals surface area (Å²) in [6.07, 6.45) is 0. The van der Waals surface area contributed by atoms with Crippen molar-refractivity contribution in [2.45, 2.75) is 12.5 Å². The van der Waals surface area contributed by atoms with Crippen molar-refractivity contribution in [1.29, 1.82) is 0 Å². The molecule has 156 valence electrons. The Balaban J connectivity index is 1.33. The second kappa shape index (κ2) is 7.32. The highest BCUT2D eigenvalue weighted by Gasteiger charge is 2.33. The van der Waals surface area contributed by atoms with Crippen LogP contribution in [0.3, 0.4) is 0 Å². The number of esters is 1. The predicted molar refractivity (Wildman–Crippen MR) is 121 cm³/mol. The SMILES string of the molecule is O=C(OCc1cc(=O)n2c(n1)sc1ccccc12)C1c2ccccc2Oc2ccccc21. The number of rotatable bonds is 3. The van der Waals surface area contributed by atoms with E-state index in [1.807, 2.05) is 72.8 Å². The largest absolute Gasteiger partial charge is 0.458 e. The van der Waals surface area contributed by atoms with Crippen molar-refractivity contribution in [1.82, 2.24) is 9.38 Å². The van der Waals surface area contributed by atoms with Gasteiger partial charge in [0.15, 0.2) is 4.96 Å². The van der Waals surface area contributed by atoms with Crippen LogP contribution >= 0.6 is 11.3 Å². The number of carbonyl (C=O) groups excluding carboxylic acids is 1. The number of para-hydroxylation sites is 3. The molecule has 1 aliphatic heterocycles. The molecule has 0 saturated heterocycles. The summed E-state index contributed by atoms with van der Waals surface area (Å²) < 4.78 is 14.2. The number of hydrogen-bond donors (Lipinski definition) is 0. The van der Waals surface area contributed by atoms with Crippen LogP contribution in [0, 0.1) is 0 Å². The fourth-order valence-electron chi connectivity index (χ4n) is 4.09.